The Kier molecular flexibility index (Phi) is 9.81. The first-order valence-electron chi connectivity index (χ1n) is 9.54. The molecule has 2 rings (SSSR count). The molecule has 148 valence electrons. The average molecular weight is 385 g/mol. The number of hydrogen-bond donors (Lipinski definition) is 1. The Balaban J connectivity index is 0.00000338. The van der Waals surface area contributed by atoms with Crippen LogP contribution in [0.25, 0.3) is 0 Å². The highest BCUT2D eigenvalue weighted by Crippen LogP contribution is 2.30. The van der Waals surface area contributed by atoms with Crippen molar-refractivity contribution in [3.63, 3.8) is 0 Å². The fourth-order valence-electron chi connectivity index (χ4n) is 3.28. The Morgan fingerprint density at radius 1 is 1.27 bits per heavy atom. The molecule has 2 unspecified atom stereocenters. The second kappa shape index (κ2) is 11.3. The van der Waals surface area contributed by atoms with Gasteiger partial charge in [0.05, 0.1) is 13.2 Å². The van der Waals surface area contributed by atoms with Crippen LogP contribution in [-0.4, -0.2) is 42.6 Å². The van der Waals surface area contributed by atoms with Crippen LogP contribution in [0, 0.1) is 0 Å². The number of benzene rings is 1. The minimum Gasteiger partial charge on any atom is -0.490 e. The summed E-state index contributed by atoms with van der Waals surface area (Å²) in [6.07, 6.45) is 5.21. The van der Waals surface area contributed by atoms with E-state index >= 15 is 0 Å². The van der Waals surface area contributed by atoms with E-state index < -0.39 is 0 Å². The van der Waals surface area contributed by atoms with Crippen LogP contribution in [0.15, 0.2) is 18.2 Å². The second-order valence-corrected chi connectivity index (χ2v) is 6.72. The van der Waals surface area contributed by atoms with E-state index in [2.05, 4.69) is 6.92 Å². The highest BCUT2D eigenvalue weighted by Gasteiger charge is 2.30. The van der Waals surface area contributed by atoms with E-state index in [0.29, 0.717) is 30.3 Å². The molecular formula is C20H33ClN2O3. The lowest BCUT2D eigenvalue weighted by Crippen LogP contribution is -2.51. The first kappa shape index (κ1) is 22.6. The zero-order valence-electron chi connectivity index (χ0n) is 16.2. The molecule has 1 aliphatic heterocycles. The SMILES string of the molecule is CCCCOc1ccc(C(=O)N2CCCCC2C(C)N)cc1OCC.Cl. The van der Waals surface area contributed by atoms with Crippen molar-refractivity contribution < 1.29 is 14.3 Å². The number of nitrogens with zero attached hydrogens (tertiary/aromatic N) is 1. The lowest BCUT2D eigenvalue weighted by atomic mass is 9.96. The summed E-state index contributed by atoms with van der Waals surface area (Å²) >= 11 is 0. The van der Waals surface area contributed by atoms with Crippen molar-refractivity contribution in [3.8, 4) is 11.5 Å². The van der Waals surface area contributed by atoms with Crippen LogP contribution in [0.4, 0.5) is 0 Å². The molecule has 0 bridgehead atoms. The summed E-state index contributed by atoms with van der Waals surface area (Å²) in [7, 11) is 0. The van der Waals surface area contributed by atoms with E-state index in [1.165, 1.54) is 0 Å². The van der Waals surface area contributed by atoms with Crippen molar-refractivity contribution in [2.24, 2.45) is 5.73 Å². The van der Waals surface area contributed by atoms with Gasteiger partial charge in [-0.2, -0.15) is 0 Å². The number of unbranched alkanes of at least 4 members (excludes halogenated alkanes) is 1. The molecule has 1 saturated heterocycles. The van der Waals surface area contributed by atoms with Gasteiger partial charge in [0.25, 0.3) is 5.91 Å². The topological polar surface area (TPSA) is 64.8 Å². The second-order valence-electron chi connectivity index (χ2n) is 6.72. The summed E-state index contributed by atoms with van der Waals surface area (Å²) < 4.78 is 11.5. The molecule has 2 N–H and O–H groups in total. The molecule has 2 atom stereocenters. The third-order valence-electron chi connectivity index (χ3n) is 4.66. The maximum absolute atomic E-state index is 13.0. The quantitative estimate of drug-likeness (QED) is 0.687. The molecule has 1 aliphatic rings. The lowest BCUT2D eigenvalue weighted by Gasteiger charge is -2.38. The molecule has 1 amide bonds. The zero-order valence-corrected chi connectivity index (χ0v) is 17.0. The number of nitrogens with two attached hydrogens (primary N) is 1. The predicted octanol–water partition coefficient (Wildman–Crippen LogP) is 4.03. The number of ether oxygens (including phenoxy) is 2. The minimum absolute atomic E-state index is 0. The summed E-state index contributed by atoms with van der Waals surface area (Å²) in [6, 6.07) is 5.57. The lowest BCUT2D eigenvalue weighted by molar-refractivity contribution is 0.0583. The van der Waals surface area contributed by atoms with Gasteiger partial charge >= 0.3 is 0 Å². The molecule has 1 aromatic carbocycles. The first-order valence-corrected chi connectivity index (χ1v) is 9.54. The van der Waals surface area contributed by atoms with E-state index in [1.807, 2.05) is 30.9 Å². The molecule has 0 spiro atoms. The maximum Gasteiger partial charge on any atom is 0.254 e. The van der Waals surface area contributed by atoms with Gasteiger partial charge in [-0.25, -0.2) is 0 Å². The fraction of sp³-hybridized carbons (Fsp3) is 0.650. The van der Waals surface area contributed by atoms with Crippen molar-refractivity contribution in [2.75, 3.05) is 19.8 Å². The molecule has 1 heterocycles. The van der Waals surface area contributed by atoms with Crippen LogP contribution in [0.5, 0.6) is 11.5 Å². The molecular weight excluding hydrogens is 352 g/mol. The van der Waals surface area contributed by atoms with Gasteiger partial charge in [0.2, 0.25) is 0 Å². The van der Waals surface area contributed by atoms with Crippen LogP contribution in [-0.2, 0) is 0 Å². The summed E-state index contributed by atoms with van der Waals surface area (Å²) in [5.41, 5.74) is 6.74. The van der Waals surface area contributed by atoms with Crippen LogP contribution in [0.2, 0.25) is 0 Å². The van der Waals surface area contributed by atoms with Crippen molar-refractivity contribution in [1.29, 1.82) is 0 Å². The normalized spacial score (nSPS) is 18.0. The van der Waals surface area contributed by atoms with Gasteiger partial charge in [-0.3, -0.25) is 4.79 Å². The number of carbonyl (C=O) groups excluding carboxylic acids is 1. The molecule has 0 radical (unpaired) electrons. The summed E-state index contributed by atoms with van der Waals surface area (Å²) in [6.45, 7) is 8.00. The van der Waals surface area contributed by atoms with Crippen molar-refractivity contribution >= 4 is 18.3 Å². The number of carbonyl (C=O) groups is 1. The van der Waals surface area contributed by atoms with Gasteiger partial charge in [0.15, 0.2) is 11.5 Å². The average Bonchev–Trinajstić information content (AvgIpc) is 2.62. The molecule has 0 aromatic heterocycles. The van der Waals surface area contributed by atoms with Crippen LogP contribution in [0.3, 0.4) is 0 Å². The van der Waals surface area contributed by atoms with Crippen molar-refractivity contribution in [3.05, 3.63) is 23.8 Å². The Bertz CT molecular complexity index is 566. The van der Waals surface area contributed by atoms with Crippen LogP contribution in [0.1, 0.15) is 63.2 Å². The van der Waals surface area contributed by atoms with Crippen molar-refractivity contribution in [1.82, 2.24) is 4.90 Å². The van der Waals surface area contributed by atoms with E-state index in [9.17, 15) is 4.79 Å². The van der Waals surface area contributed by atoms with Gasteiger partial charge in [0, 0.05) is 24.2 Å². The summed E-state index contributed by atoms with van der Waals surface area (Å²) in [4.78, 5) is 14.9. The number of piperidine rings is 1. The Morgan fingerprint density at radius 3 is 2.69 bits per heavy atom. The fourth-order valence-corrected chi connectivity index (χ4v) is 3.28. The van der Waals surface area contributed by atoms with Crippen molar-refractivity contribution in [2.45, 2.75) is 65.0 Å². The summed E-state index contributed by atoms with van der Waals surface area (Å²) in [5, 5.41) is 0. The van der Waals surface area contributed by atoms with Gasteiger partial charge < -0.3 is 20.1 Å². The van der Waals surface area contributed by atoms with Gasteiger partial charge in [0.1, 0.15) is 0 Å². The van der Waals surface area contributed by atoms with E-state index in [4.69, 9.17) is 15.2 Å². The smallest absolute Gasteiger partial charge is 0.254 e. The van der Waals surface area contributed by atoms with E-state index in [1.54, 1.807) is 6.07 Å². The maximum atomic E-state index is 13.0. The van der Waals surface area contributed by atoms with E-state index in [0.717, 1.165) is 38.6 Å². The number of amides is 1. The molecule has 6 heteroatoms. The van der Waals surface area contributed by atoms with Gasteiger partial charge in [-0.15, -0.1) is 12.4 Å². The molecule has 0 aliphatic carbocycles. The number of rotatable bonds is 8. The Hall–Kier alpha value is -1.46. The molecule has 26 heavy (non-hydrogen) atoms. The minimum atomic E-state index is -0.0211. The van der Waals surface area contributed by atoms with E-state index in [-0.39, 0.29) is 30.4 Å². The Morgan fingerprint density at radius 2 is 2.04 bits per heavy atom. The van der Waals surface area contributed by atoms with Crippen LogP contribution >= 0.6 is 12.4 Å². The molecule has 0 saturated carbocycles. The number of likely N-dealkylation sites (tertiary alicyclic amines) is 1. The highest BCUT2D eigenvalue weighted by atomic mass is 35.5. The monoisotopic (exact) mass is 384 g/mol. The van der Waals surface area contributed by atoms with Gasteiger partial charge in [-0.05, 0) is 57.7 Å². The largest absolute Gasteiger partial charge is 0.490 e. The first-order chi connectivity index (χ1) is 12.1. The Labute approximate surface area is 163 Å². The molecule has 5 nitrogen and oxygen atoms in total. The molecule has 1 fully saturated rings. The standard InChI is InChI=1S/C20H32N2O3.ClH/c1-4-6-13-25-18-11-10-16(14-19(18)24-5-2)20(23)22-12-8-7-9-17(22)15(3)21;/h10-11,14-15,17H,4-9,12-13,21H2,1-3H3;1H. The highest BCUT2D eigenvalue weighted by molar-refractivity contribution is 5.95. The summed E-state index contributed by atoms with van der Waals surface area (Å²) in [5.74, 6) is 1.37. The van der Waals surface area contributed by atoms with Crippen LogP contribution < -0.4 is 15.2 Å². The predicted molar refractivity (Wildman–Crippen MR) is 108 cm³/mol. The number of halogens is 1. The van der Waals surface area contributed by atoms with Gasteiger partial charge in [-0.1, -0.05) is 13.3 Å². The third-order valence-corrected chi connectivity index (χ3v) is 4.66. The number of hydrogen-bond acceptors (Lipinski definition) is 4. The zero-order chi connectivity index (χ0) is 18.2. The molecule has 1 aromatic rings. The third kappa shape index (κ3) is 5.78.